The van der Waals surface area contributed by atoms with Gasteiger partial charge in [-0.3, -0.25) is 4.99 Å². The van der Waals surface area contributed by atoms with Gasteiger partial charge in [-0.05, 0) is 43.7 Å². The van der Waals surface area contributed by atoms with Gasteiger partial charge in [0.1, 0.15) is 5.75 Å². The van der Waals surface area contributed by atoms with Crippen molar-refractivity contribution in [1.29, 1.82) is 0 Å². The van der Waals surface area contributed by atoms with Gasteiger partial charge in [0.05, 0.1) is 12.8 Å². The predicted molar refractivity (Wildman–Crippen MR) is 117 cm³/mol. The summed E-state index contributed by atoms with van der Waals surface area (Å²) in [5.41, 5.74) is 1.16. The van der Waals surface area contributed by atoms with Gasteiger partial charge in [-0.1, -0.05) is 12.1 Å². The van der Waals surface area contributed by atoms with Crippen LogP contribution < -0.4 is 20.3 Å². The Balaban J connectivity index is 1.32. The van der Waals surface area contributed by atoms with Crippen LogP contribution in [-0.4, -0.2) is 72.2 Å². The van der Waals surface area contributed by atoms with E-state index in [4.69, 9.17) is 14.2 Å². The summed E-state index contributed by atoms with van der Waals surface area (Å²) in [7, 11) is 3.55. The highest BCUT2D eigenvalue weighted by molar-refractivity contribution is 5.80. The fourth-order valence-corrected chi connectivity index (χ4v) is 3.92. The van der Waals surface area contributed by atoms with E-state index in [1.54, 1.807) is 7.11 Å². The van der Waals surface area contributed by atoms with Crippen LogP contribution in [0.1, 0.15) is 25.7 Å². The standard InChI is InChI=1S/C22H36N4O3/c1-23-22(24-11-5-13-29-17-18-9-14-28-15-10-18)25-19-8-12-26(16-19)20-6-3-4-7-21(20)27-2/h3-4,6-7,18-19H,5,8-17H2,1-2H3,(H2,23,24,25). The van der Waals surface area contributed by atoms with E-state index in [0.29, 0.717) is 12.0 Å². The van der Waals surface area contributed by atoms with Crippen LogP contribution in [0.3, 0.4) is 0 Å². The third-order valence-corrected chi connectivity index (χ3v) is 5.63. The van der Waals surface area contributed by atoms with Crippen LogP contribution in [0.5, 0.6) is 5.75 Å². The number of anilines is 1. The maximum absolute atomic E-state index is 5.83. The highest BCUT2D eigenvalue weighted by atomic mass is 16.5. The molecule has 0 spiro atoms. The molecular formula is C22H36N4O3. The molecule has 2 saturated heterocycles. The van der Waals surface area contributed by atoms with Gasteiger partial charge in [0.25, 0.3) is 0 Å². The third-order valence-electron chi connectivity index (χ3n) is 5.63. The number of nitrogens with one attached hydrogen (secondary N) is 2. The monoisotopic (exact) mass is 404 g/mol. The molecule has 2 fully saturated rings. The summed E-state index contributed by atoms with van der Waals surface area (Å²) in [6.45, 7) is 6.21. The number of hydrogen-bond donors (Lipinski definition) is 2. The van der Waals surface area contributed by atoms with E-state index >= 15 is 0 Å². The third kappa shape index (κ3) is 6.78. The average Bonchev–Trinajstić information content (AvgIpc) is 3.24. The summed E-state index contributed by atoms with van der Waals surface area (Å²) in [5, 5.41) is 6.95. The van der Waals surface area contributed by atoms with E-state index in [0.717, 1.165) is 89.1 Å². The second-order valence-corrected chi connectivity index (χ2v) is 7.73. The number of benzene rings is 1. The molecule has 29 heavy (non-hydrogen) atoms. The maximum atomic E-state index is 5.83. The number of aliphatic imine (C=N–C) groups is 1. The molecule has 0 aromatic heterocycles. The largest absolute Gasteiger partial charge is 0.495 e. The van der Waals surface area contributed by atoms with Crippen LogP contribution in [-0.2, 0) is 9.47 Å². The van der Waals surface area contributed by atoms with Crippen molar-refractivity contribution >= 4 is 11.6 Å². The zero-order valence-corrected chi connectivity index (χ0v) is 17.9. The summed E-state index contributed by atoms with van der Waals surface area (Å²) in [5.74, 6) is 2.46. The molecule has 162 valence electrons. The summed E-state index contributed by atoms with van der Waals surface area (Å²) < 4.78 is 16.7. The number of ether oxygens (including phenoxy) is 3. The predicted octanol–water partition coefficient (Wildman–Crippen LogP) is 2.27. The summed E-state index contributed by atoms with van der Waals surface area (Å²) >= 11 is 0. The zero-order chi connectivity index (χ0) is 20.3. The van der Waals surface area contributed by atoms with Gasteiger partial charge >= 0.3 is 0 Å². The van der Waals surface area contributed by atoms with Crippen molar-refractivity contribution in [2.45, 2.75) is 31.7 Å². The molecule has 3 rings (SSSR count). The molecule has 1 unspecified atom stereocenters. The number of hydrogen-bond acceptors (Lipinski definition) is 5. The molecule has 1 aromatic carbocycles. The molecule has 2 aliphatic heterocycles. The van der Waals surface area contributed by atoms with E-state index in [1.807, 2.05) is 19.2 Å². The van der Waals surface area contributed by atoms with Crippen LogP contribution in [0.4, 0.5) is 5.69 Å². The lowest BCUT2D eigenvalue weighted by Crippen LogP contribution is -2.45. The molecule has 0 saturated carbocycles. The van der Waals surface area contributed by atoms with Crippen molar-refractivity contribution in [3.8, 4) is 5.75 Å². The van der Waals surface area contributed by atoms with Gasteiger partial charge in [0, 0.05) is 59.2 Å². The molecule has 0 radical (unpaired) electrons. The van der Waals surface area contributed by atoms with Crippen molar-refractivity contribution in [2.24, 2.45) is 10.9 Å². The molecule has 2 N–H and O–H groups in total. The highest BCUT2D eigenvalue weighted by Crippen LogP contribution is 2.30. The lowest BCUT2D eigenvalue weighted by molar-refractivity contribution is 0.0203. The number of methoxy groups -OCH3 is 1. The van der Waals surface area contributed by atoms with Crippen LogP contribution in [0.2, 0.25) is 0 Å². The Bertz CT molecular complexity index is 634. The topological polar surface area (TPSA) is 67.4 Å². The molecule has 1 aromatic rings. The van der Waals surface area contributed by atoms with E-state index in [2.05, 4.69) is 32.7 Å². The molecule has 7 heteroatoms. The Morgan fingerprint density at radius 3 is 2.86 bits per heavy atom. The van der Waals surface area contributed by atoms with Crippen LogP contribution in [0.25, 0.3) is 0 Å². The molecule has 2 aliphatic rings. The van der Waals surface area contributed by atoms with E-state index in [-0.39, 0.29) is 0 Å². The highest BCUT2D eigenvalue weighted by Gasteiger charge is 2.25. The van der Waals surface area contributed by atoms with Crippen molar-refractivity contribution < 1.29 is 14.2 Å². The first-order valence-electron chi connectivity index (χ1n) is 10.8. The molecule has 0 bridgehead atoms. The minimum Gasteiger partial charge on any atom is -0.495 e. The van der Waals surface area contributed by atoms with Gasteiger partial charge in [-0.15, -0.1) is 0 Å². The van der Waals surface area contributed by atoms with Crippen LogP contribution in [0, 0.1) is 5.92 Å². The van der Waals surface area contributed by atoms with E-state index < -0.39 is 0 Å². The summed E-state index contributed by atoms with van der Waals surface area (Å²) in [4.78, 5) is 6.74. The minimum absolute atomic E-state index is 0.371. The molecule has 1 atom stereocenters. The quantitative estimate of drug-likeness (QED) is 0.374. The lowest BCUT2D eigenvalue weighted by Gasteiger charge is -2.22. The van der Waals surface area contributed by atoms with E-state index in [1.165, 1.54) is 0 Å². The summed E-state index contributed by atoms with van der Waals surface area (Å²) in [6.07, 6.45) is 4.30. The number of guanidine groups is 1. The van der Waals surface area contributed by atoms with Gasteiger partial charge < -0.3 is 29.7 Å². The van der Waals surface area contributed by atoms with Crippen molar-refractivity contribution in [2.75, 3.05) is 65.1 Å². The Hall–Kier alpha value is -1.99. The molecule has 2 heterocycles. The van der Waals surface area contributed by atoms with Crippen molar-refractivity contribution in [3.63, 3.8) is 0 Å². The number of rotatable bonds is 9. The van der Waals surface area contributed by atoms with E-state index in [9.17, 15) is 0 Å². The Labute approximate surface area is 174 Å². The van der Waals surface area contributed by atoms with Crippen LogP contribution >= 0.6 is 0 Å². The molecule has 0 aliphatic carbocycles. The number of para-hydroxylation sites is 2. The second kappa shape index (κ2) is 11.9. The first kappa shape index (κ1) is 21.7. The molecular weight excluding hydrogens is 368 g/mol. The number of nitrogens with zero attached hydrogens (tertiary/aromatic N) is 2. The van der Waals surface area contributed by atoms with Gasteiger partial charge in [0.15, 0.2) is 5.96 Å². The lowest BCUT2D eigenvalue weighted by atomic mass is 10.0. The van der Waals surface area contributed by atoms with Gasteiger partial charge in [-0.2, -0.15) is 0 Å². The fourth-order valence-electron chi connectivity index (χ4n) is 3.92. The van der Waals surface area contributed by atoms with Gasteiger partial charge in [0.2, 0.25) is 0 Å². The SMILES string of the molecule is CN=C(NCCCOCC1CCOCC1)NC1CCN(c2ccccc2OC)C1. The van der Waals surface area contributed by atoms with Gasteiger partial charge in [-0.25, -0.2) is 0 Å². The first-order chi connectivity index (χ1) is 14.3. The van der Waals surface area contributed by atoms with Crippen LogP contribution in [0.15, 0.2) is 29.3 Å². The minimum atomic E-state index is 0.371. The zero-order valence-electron chi connectivity index (χ0n) is 17.9. The van der Waals surface area contributed by atoms with Crippen molar-refractivity contribution in [1.82, 2.24) is 10.6 Å². The van der Waals surface area contributed by atoms with Crippen molar-refractivity contribution in [3.05, 3.63) is 24.3 Å². The summed E-state index contributed by atoms with van der Waals surface area (Å²) in [6, 6.07) is 8.57. The Kier molecular flexibility index (Phi) is 8.89. The molecule has 0 amide bonds. The normalized spacial score (nSPS) is 20.7. The second-order valence-electron chi connectivity index (χ2n) is 7.73. The maximum Gasteiger partial charge on any atom is 0.191 e. The molecule has 7 nitrogen and oxygen atoms in total. The smallest absolute Gasteiger partial charge is 0.191 e. The fraction of sp³-hybridized carbons (Fsp3) is 0.682. The first-order valence-corrected chi connectivity index (χ1v) is 10.8. The Morgan fingerprint density at radius 1 is 1.24 bits per heavy atom. The average molecular weight is 405 g/mol. The Morgan fingerprint density at radius 2 is 2.07 bits per heavy atom.